The minimum Gasteiger partial charge on any atom is -0.465 e. The number of hydrogen-bond donors (Lipinski definition) is 1. The van der Waals surface area contributed by atoms with Crippen molar-refractivity contribution < 1.29 is 14.4 Å². The largest absolute Gasteiger partial charge is 0.465 e. The van der Waals surface area contributed by atoms with Crippen LogP contribution in [0.5, 0.6) is 0 Å². The number of carboxylic acid groups (broad SMARTS) is 1. The average Bonchev–Trinajstić information content (AvgIpc) is 2.83. The van der Waals surface area contributed by atoms with Crippen LogP contribution < -0.4 is 0 Å². The van der Waals surface area contributed by atoms with Gasteiger partial charge in [0, 0.05) is 7.05 Å². The topological polar surface area (TPSA) is 79.5 Å². The van der Waals surface area contributed by atoms with Crippen LogP contribution in [0.1, 0.15) is 24.6 Å². The van der Waals surface area contributed by atoms with Gasteiger partial charge in [-0.15, -0.1) is 0 Å². The van der Waals surface area contributed by atoms with Crippen LogP contribution in [0.3, 0.4) is 0 Å². The van der Waals surface area contributed by atoms with Crippen molar-refractivity contribution in [3.05, 3.63) is 11.7 Å². The Morgan fingerprint density at radius 1 is 1.64 bits per heavy atom. The van der Waals surface area contributed by atoms with Crippen molar-refractivity contribution in [3.8, 4) is 0 Å². The molecule has 14 heavy (non-hydrogen) atoms. The van der Waals surface area contributed by atoms with Gasteiger partial charge < -0.3 is 9.63 Å². The number of hydrogen-bond acceptors (Lipinski definition) is 4. The smallest absolute Gasteiger partial charge is 0.407 e. The van der Waals surface area contributed by atoms with E-state index in [1.165, 1.54) is 11.9 Å². The minimum absolute atomic E-state index is 0.403. The van der Waals surface area contributed by atoms with Gasteiger partial charge in [-0.05, 0) is 19.8 Å². The van der Waals surface area contributed by atoms with Gasteiger partial charge in [0.25, 0.3) is 5.89 Å². The van der Waals surface area contributed by atoms with E-state index in [0.29, 0.717) is 11.7 Å². The first-order valence-electron chi connectivity index (χ1n) is 4.34. The second-order valence-corrected chi connectivity index (χ2v) is 3.52. The molecule has 1 heterocycles. The zero-order valence-electron chi connectivity index (χ0n) is 8.02. The summed E-state index contributed by atoms with van der Waals surface area (Å²) in [5, 5.41) is 12.5. The molecular formula is C8H11N3O3. The van der Waals surface area contributed by atoms with Crippen LogP contribution >= 0.6 is 0 Å². The fourth-order valence-corrected chi connectivity index (χ4v) is 1.48. The molecule has 2 rings (SSSR count). The summed E-state index contributed by atoms with van der Waals surface area (Å²) in [4.78, 5) is 16.1. The molecule has 76 valence electrons. The summed E-state index contributed by atoms with van der Waals surface area (Å²) in [7, 11) is 1.52. The molecule has 1 N–H and O–H groups in total. The highest BCUT2D eigenvalue weighted by molar-refractivity contribution is 5.66. The molecule has 0 radical (unpaired) electrons. The van der Waals surface area contributed by atoms with Gasteiger partial charge in [0.15, 0.2) is 5.82 Å². The lowest BCUT2D eigenvalue weighted by Crippen LogP contribution is -2.36. The molecule has 1 aliphatic carbocycles. The van der Waals surface area contributed by atoms with E-state index in [1.807, 2.05) is 0 Å². The van der Waals surface area contributed by atoms with E-state index >= 15 is 0 Å². The third-order valence-electron chi connectivity index (χ3n) is 2.58. The van der Waals surface area contributed by atoms with E-state index in [0.717, 1.165) is 12.8 Å². The number of amides is 1. The fourth-order valence-electron chi connectivity index (χ4n) is 1.48. The number of carbonyl (C=O) groups is 1. The van der Waals surface area contributed by atoms with E-state index in [4.69, 9.17) is 9.63 Å². The standard InChI is InChI=1S/C8H11N3O3/c1-5-9-6(14-10-5)8(3-4-8)11(2)7(12)13/h3-4H2,1-2H3,(H,12,13). The molecule has 0 spiro atoms. The molecule has 1 amide bonds. The first kappa shape index (κ1) is 8.98. The van der Waals surface area contributed by atoms with Crippen molar-refractivity contribution in [1.82, 2.24) is 15.0 Å². The number of nitrogens with zero attached hydrogens (tertiary/aromatic N) is 3. The Kier molecular flexibility index (Phi) is 1.73. The van der Waals surface area contributed by atoms with Gasteiger partial charge in [-0.2, -0.15) is 4.98 Å². The van der Waals surface area contributed by atoms with Crippen LogP contribution in [0, 0.1) is 6.92 Å². The molecule has 0 saturated heterocycles. The maximum absolute atomic E-state index is 10.8. The van der Waals surface area contributed by atoms with Crippen molar-refractivity contribution in [1.29, 1.82) is 0 Å². The zero-order valence-corrected chi connectivity index (χ0v) is 8.02. The van der Waals surface area contributed by atoms with Crippen molar-refractivity contribution >= 4 is 6.09 Å². The van der Waals surface area contributed by atoms with Crippen LogP contribution in [0.2, 0.25) is 0 Å². The van der Waals surface area contributed by atoms with Gasteiger partial charge in [-0.3, -0.25) is 4.90 Å². The Bertz CT molecular complexity index is 370. The van der Waals surface area contributed by atoms with E-state index < -0.39 is 11.6 Å². The Morgan fingerprint density at radius 3 is 2.64 bits per heavy atom. The molecule has 0 aromatic carbocycles. The Hall–Kier alpha value is -1.59. The van der Waals surface area contributed by atoms with Gasteiger partial charge in [0.2, 0.25) is 0 Å². The molecule has 1 aromatic rings. The number of aromatic nitrogens is 2. The molecule has 0 bridgehead atoms. The lowest BCUT2D eigenvalue weighted by atomic mass is 10.2. The Morgan fingerprint density at radius 2 is 2.29 bits per heavy atom. The second-order valence-electron chi connectivity index (χ2n) is 3.52. The second kappa shape index (κ2) is 2.70. The average molecular weight is 197 g/mol. The molecule has 6 heteroatoms. The van der Waals surface area contributed by atoms with Gasteiger partial charge in [0.1, 0.15) is 5.54 Å². The minimum atomic E-state index is -0.974. The van der Waals surface area contributed by atoms with Crippen LogP contribution in [0.4, 0.5) is 4.79 Å². The summed E-state index contributed by atoms with van der Waals surface area (Å²) in [5.41, 5.74) is -0.562. The maximum Gasteiger partial charge on any atom is 0.407 e. The van der Waals surface area contributed by atoms with Gasteiger partial charge >= 0.3 is 6.09 Å². The Labute approximate surface area is 80.5 Å². The maximum atomic E-state index is 10.8. The summed E-state index contributed by atoms with van der Waals surface area (Å²) in [5.74, 6) is 0.935. The van der Waals surface area contributed by atoms with Crippen molar-refractivity contribution in [3.63, 3.8) is 0 Å². The van der Waals surface area contributed by atoms with Gasteiger partial charge in [-0.1, -0.05) is 5.16 Å². The molecule has 0 aliphatic heterocycles. The summed E-state index contributed by atoms with van der Waals surface area (Å²) >= 11 is 0. The van der Waals surface area contributed by atoms with Crippen molar-refractivity contribution in [2.24, 2.45) is 0 Å². The summed E-state index contributed by atoms with van der Waals surface area (Å²) in [6, 6.07) is 0. The van der Waals surface area contributed by atoms with Gasteiger partial charge in [0.05, 0.1) is 0 Å². The molecule has 1 aliphatic rings. The molecule has 0 unspecified atom stereocenters. The number of aryl methyl sites for hydroxylation is 1. The SMILES string of the molecule is Cc1noc(C2(N(C)C(=O)O)CC2)n1. The van der Waals surface area contributed by atoms with E-state index in [2.05, 4.69) is 10.1 Å². The third kappa shape index (κ3) is 1.14. The van der Waals surface area contributed by atoms with Crippen molar-refractivity contribution in [2.75, 3.05) is 7.05 Å². The van der Waals surface area contributed by atoms with Gasteiger partial charge in [-0.25, -0.2) is 4.79 Å². The first-order chi connectivity index (χ1) is 6.56. The first-order valence-corrected chi connectivity index (χ1v) is 4.34. The molecule has 1 fully saturated rings. The van der Waals surface area contributed by atoms with E-state index in [9.17, 15) is 4.79 Å². The van der Waals surface area contributed by atoms with Crippen LogP contribution in [0.25, 0.3) is 0 Å². The summed E-state index contributed by atoms with van der Waals surface area (Å²) in [6.45, 7) is 1.71. The van der Waals surface area contributed by atoms with Crippen LogP contribution in [0.15, 0.2) is 4.52 Å². The molecular weight excluding hydrogens is 186 g/mol. The van der Waals surface area contributed by atoms with Crippen LogP contribution in [-0.2, 0) is 5.54 Å². The number of rotatable bonds is 2. The Balaban J connectivity index is 2.29. The zero-order chi connectivity index (χ0) is 10.3. The quantitative estimate of drug-likeness (QED) is 0.764. The molecule has 0 atom stereocenters. The molecule has 1 saturated carbocycles. The van der Waals surface area contributed by atoms with Crippen molar-refractivity contribution in [2.45, 2.75) is 25.3 Å². The lowest BCUT2D eigenvalue weighted by Gasteiger charge is -2.21. The monoisotopic (exact) mass is 197 g/mol. The summed E-state index contributed by atoms with van der Waals surface area (Å²) in [6.07, 6.45) is 0.521. The predicted molar refractivity (Wildman–Crippen MR) is 45.7 cm³/mol. The third-order valence-corrected chi connectivity index (χ3v) is 2.58. The highest BCUT2D eigenvalue weighted by atomic mass is 16.5. The highest BCUT2D eigenvalue weighted by Crippen LogP contribution is 2.49. The lowest BCUT2D eigenvalue weighted by molar-refractivity contribution is 0.119. The van der Waals surface area contributed by atoms with E-state index in [1.54, 1.807) is 6.92 Å². The fraction of sp³-hybridized carbons (Fsp3) is 0.625. The predicted octanol–water partition coefficient (Wildman–Crippen LogP) is 0.977. The molecule has 6 nitrogen and oxygen atoms in total. The normalized spacial score (nSPS) is 17.9. The molecule has 1 aromatic heterocycles. The van der Waals surface area contributed by atoms with Crippen LogP contribution in [-0.4, -0.2) is 33.3 Å². The van der Waals surface area contributed by atoms with E-state index in [-0.39, 0.29) is 0 Å². The highest BCUT2D eigenvalue weighted by Gasteiger charge is 2.54. The summed E-state index contributed by atoms with van der Waals surface area (Å²) < 4.78 is 5.00.